The van der Waals surface area contributed by atoms with Crippen molar-refractivity contribution in [2.24, 2.45) is 10.7 Å². The van der Waals surface area contributed by atoms with Crippen LogP contribution in [0, 0.1) is 12.7 Å². The van der Waals surface area contributed by atoms with Gasteiger partial charge in [0.15, 0.2) is 5.96 Å². The summed E-state index contributed by atoms with van der Waals surface area (Å²) in [6.45, 7) is 6.29. The summed E-state index contributed by atoms with van der Waals surface area (Å²) in [5.74, 6) is 1.14. The average molecular weight is 375 g/mol. The second kappa shape index (κ2) is 8.28. The number of nitrogens with zero attached hydrogens (tertiary/aromatic N) is 2. The molecule has 3 rings (SSSR count). The number of amides is 2. The molecule has 7 nitrogen and oxygen atoms in total. The molecule has 0 bridgehead atoms. The summed E-state index contributed by atoms with van der Waals surface area (Å²) in [6.07, 6.45) is 1.63. The van der Waals surface area contributed by atoms with Gasteiger partial charge in [0, 0.05) is 36.6 Å². The summed E-state index contributed by atoms with van der Waals surface area (Å²) in [4.78, 5) is 17.5. The summed E-state index contributed by atoms with van der Waals surface area (Å²) in [5.41, 5.74) is 6.89. The number of furan rings is 1. The second-order valence-electron chi connectivity index (χ2n) is 6.73. The normalized spacial score (nSPS) is 16.0. The van der Waals surface area contributed by atoms with Gasteiger partial charge in [-0.2, -0.15) is 0 Å². The lowest BCUT2D eigenvalue weighted by Gasteiger charge is -2.32. The van der Waals surface area contributed by atoms with Crippen molar-refractivity contribution in [1.29, 1.82) is 0 Å². The number of primary amides is 1. The van der Waals surface area contributed by atoms with Crippen molar-refractivity contribution in [2.75, 3.05) is 19.6 Å². The SMILES string of the molecule is CCNC(=NCc1oc2ccc(F)cc2c1C)NC1CCN(C(N)=O)CC1. The molecule has 1 saturated heterocycles. The maximum atomic E-state index is 13.5. The minimum Gasteiger partial charge on any atom is -0.459 e. The predicted octanol–water partition coefficient (Wildman–Crippen LogP) is 2.48. The highest BCUT2D eigenvalue weighted by Gasteiger charge is 2.22. The molecule has 0 aliphatic carbocycles. The fourth-order valence-corrected chi connectivity index (χ4v) is 3.30. The first-order valence-corrected chi connectivity index (χ1v) is 9.24. The molecule has 1 aliphatic rings. The molecular weight excluding hydrogens is 349 g/mol. The smallest absolute Gasteiger partial charge is 0.314 e. The lowest BCUT2D eigenvalue weighted by atomic mass is 10.1. The van der Waals surface area contributed by atoms with E-state index in [-0.39, 0.29) is 17.9 Å². The predicted molar refractivity (Wildman–Crippen MR) is 103 cm³/mol. The summed E-state index contributed by atoms with van der Waals surface area (Å²) in [6, 6.07) is 4.37. The molecule has 1 aromatic carbocycles. The lowest BCUT2D eigenvalue weighted by molar-refractivity contribution is 0.188. The van der Waals surface area contributed by atoms with E-state index in [1.807, 2.05) is 13.8 Å². The number of nitrogens with two attached hydrogens (primary N) is 1. The number of piperidine rings is 1. The van der Waals surface area contributed by atoms with E-state index in [2.05, 4.69) is 15.6 Å². The number of halogens is 1. The molecule has 0 unspecified atom stereocenters. The Balaban J connectivity index is 1.67. The number of carbonyl (C=O) groups is 1. The van der Waals surface area contributed by atoms with Gasteiger partial charge in [-0.3, -0.25) is 0 Å². The first-order chi connectivity index (χ1) is 13.0. The van der Waals surface area contributed by atoms with Crippen molar-refractivity contribution in [3.05, 3.63) is 35.3 Å². The Bertz CT molecular complexity index is 840. The number of aryl methyl sites for hydroxylation is 1. The number of carbonyl (C=O) groups excluding carboxylic acids is 1. The maximum absolute atomic E-state index is 13.5. The van der Waals surface area contributed by atoms with Gasteiger partial charge < -0.3 is 25.7 Å². The highest BCUT2D eigenvalue weighted by atomic mass is 19.1. The van der Waals surface area contributed by atoms with E-state index in [4.69, 9.17) is 10.2 Å². The van der Waals surface area contributed by atoms with Gasteiger partial charge in [-0.15, -0.1) is 0 Å². The number of hydrogen-bond acceptors (Lipinski definition) is 3. The molecule has 146 valence electrons. The molecule has 0 spiro atoms. The van der Waals surface area contributed by atoms with Crippen LogP contribution < -0.4 is 16.4 Å². The van der Waals surface area contributed by atoms with E-state index in [1.165, 1.54) is 12.1 Å². The lowest BCUT2D eigenvalue weighted by Crippen LogP contribution is -2.50. The third-order valence-electron chi connectivity index (χ3n) is 4.87. The number of nitrogens with one attached hydrogen (secondary N) is 2. The molecule has 2 amide bonds. The largest absolute Gasteiger partial charge is 0.459 e. The third-order valence-corrected chi connectivity index (χ3v) is 4.87. The summed E-state index contributed by atoms with van der Waals surface area (Å²) >= 11 is 0. The topological polar surface area (TPSA) is 95.9 Å². The van der Waals surface area contributed by atoms with Gasteiger partial charge in [0.05, 0.1) is 0 Å². The quantitative estimate of drug-likeness (QED) is 0.565. The number of guanidine groups is 1. The molecule has 1 fully saturated rings. The summed E-state index contributed by atoms with van der Waals surface area (Å²) in [5, 5.41) is 7.41. The van der Waals surface area contributed by atoms with Crippen LogP contribution in [0.25, 0.3) is 11.0 Å². The van der Waals surface area contributed by atoms with Gasteiger partial charge in [0.25, 0.3) is 0 Å². The van der Waals surface area contributed by atoms with Gasteiger partial charge in [-0.05, 0) is 44.9 Å². The van der Waals surface area contributed by atoms with Gasteiger partial charge in [0.1, 0.15) is 23.7 Å². The zero-order chi connectivity index (χ0) is 19.4. The number of benzene rings is 1. The van der Waals surface area contributed by atoms with E-state index in [1.54, 1.807) is 11.0 Å². The molecular formula is C19H26FN5O2. The number of likely N-dealkylation sites (tertiary alicyclic amines) is 1. The highest BCUT2D eigenvalue weighted by molar-refractivity contribution is 5.83. The monoisotopic (exact) mass is 375 g/mol. The fraction of sp³-hybridized carbons (Fsp3) is 0.474. The van der Waals surface area contributed by atoms with Crippen molar-refractivity contribution in [1.82, 2.24) is 15.5 Å². The molecule has 1 aliphatic heterocycles. The Morgan fingerprint density at radius 1 is 1.41 bits per heavy atom. The summed E-state index contributed by atoms with van der Waals surface area (Å²) in [7, 11) is 0. The van der Waals surface area contributed by atoms with E-state index in [9.17, 15) is 9.18 Å². The van der Waals surface area contributed by atoms with E-state index < -0.39 is 0 Å². The van der Waals surface area contributed by atoms with E-state index in [0.29, 0.717) is 31.2 Å². The molecule has 4 N–H and O–H groups in total. The zero-order valence-electron chi connectivity index (χ0n) is 15.7. The Kier molecular flexibility index (Phi) is 5.83. The zero-order valence-corrected chi connectivity index (χ0v) is 15.7. The van der Waals surface area contributed by atoms with Crippen LogP contribution >= 0.6 is 0 Å². The third kappa shape index (κ3) is 4.50. The van der Waals surface area contributed by atoms with Crippen LogP contribution in [0.4, 0.5) is 9.18 Å². The molecule has 2 aromatic rings. The van der Waals surface area contributed by atoms with Crippen molar-refractivity contribution in [3.8, 4) is 0 Å². The van der Waals surface area contributed by atoms with Gasteiger partial charge >= 0.3 is 6.03 Å². The van der Waals surface area contributed by atoms with Crippen LogP contribution in [0.5, 0.6) is 0 Å². The molecule has 1 aromatic heterocycles. The van der Waals surface area contributed by atoms with Crippen LogP contribution in [0.15, 0.2) is 27.6 Å². The number of urea groups is 1. The number of aliphatic imine (C=N–C) groups is 1. The van der Waals surface area contributed by atoms with Crippen LogP contribution in [-0.2, 0) is 6.54 Å². The van der Waals surface area contributed by atoms with Crippen molar-refractivity contribution in [2.45, 2.75) is 39.3 Å². The van der Waals surface area contributed by atoms with E-state index in [0.717, 1.165) is 36.1 Å². The summed E-state index contributed by atoms with van der Waals surface area (Å²) < 4.78 is 19.3. The molecule has 0 radical (unpaired) electrons. The minimum absolute atomic E-state index is 0.226. The Labute approximate surface area is 157 Å². The van der Waals surface area contributed by atoms with Gasteiger partial charge in [0.2, 0.25) is 0 Å². The minimum atomic E-state index is -0.370. The van der Waals surface area contributed by atoms with Crippen molar-refractivity contribution < 1.29 is 13.6 Å². The van der Waals surface area contributed by atoms with Crippen LogP contribution in [0.1, 0.15) is 31.1 Å². The van der Waals surface area contributed by atoms with Gasteiger partial charge in [-0.25, -0.2) is 14.2 Å². The first kappa shape index (κ1) is 19.0. The molecule has 27 heavy (non-hydrogen) atoms. The van der Waals surface area contributed by atoms with Gasteiger partial charge in [-0.1, -0.05) is 0 Å². The Morgan fingerprint density at radius 2 is 2.15 bits per heavy atom. The number of rotatable bonds is 4. The number of hydrogen-bond donors (Lipinski definition) is 3. The Hall–Kier alpha value is -2.77. The highest BCUT2D eigenvalue weighted by Crippen LogP contribution is 2.26. The fourth-order valence-electron chi connectivity index (χ4n) is 3.30. The first-order valence-electron chi connectivity index (χ1n) is 9.24. The molecule has 0 atom stereocenters. The Morgan fingerprint density at radius 3 is 2.81 bits per heavy atom. The average Bonchev–Trinajstić information content (AvgIpc) is 2.96. The van der Waals surface area contributed by atoms with Crippen molar-refractivity contribution >= 4 is 23.0 Å². The standard InChI is InChI=1S/C19H26FN5O2/c1-3-22-19(24-14-6-8-25(9-7-14)18(21)26)23-11-17-12(2)15-10-13(20)4-5-16(15)27-17/h4-5,10,14H,3,6-9,11H2,1-2H3,(H2,21,26)(H2,22,23,24). The van der Waals surface area contributed by atoms with Crippen LogP contribution in [-0.4, -0.2) is 42.6 Å². The van der Waals surface area contributed by atoms with Crippen LogP contribution in [0.3, 0.4) is 0 Å². The number of fused-ring (bicyclic) bond motifs is 1. The molecule has 8 heteroatoms. The second-order valence-corrected chi connectivity index (χ2v) is 6.73. The maximum Gasteiger partial charge on any atom is 0.314 e. The van der Waals surface area contributed by atoms with E-state index >= 15 is 0 Å². The van der Waals surface area contributed by atoms with Crippen molar-refractivity contribution in [3.63, 3.8) is 0 Å². The molecule has 2 heterocycles. The molecule has 0 saturated carbocycles. The van der Waals surface area contributed by atoms with Crippen LogP contribution in [0.2, 0.25) is 0 Å².